The molecule has 5 nitrogen and oxygen atoms in total. The van der Waals surface area contributed by atoms with Gasteiger partial charge in [-0.3, -0.25) is 0 Å². The van der Waals surface area contributed by atoms with Crippen LogP contribution in [0.25, 0.3) is 11.4 Å². The summed E-state index contributed by atoms with van der Waals surface area (Å²) in [6.07, 6.45) is 0. The van der Waals surface area contributed by atoms with E-state index < -0.39 is 0 Å². The highest BCUT2D eigenvalue weighted by Crippen LogP contribution is 2.27. The number of hydrogen-bond acceptors (Lipinski definition) is 5. The third-order valence-corrected chi connectivity index (χ3v) is 4.64. The summed E-state index contributed by atoms with van der Waals surface area (Å²) in [6.45, 7) is 3.50. The van der Waals surface area contributed by atoms with Crippen LogP contribution in [-0.2, 0) is 6.54 Å². The van der Waals surface area contributed by atoms with E-state index in [1.807, 2.05) is 42.5 Å². The molecule has 0 saturated carbocycles. The van der Waals surface area contributed by atoms with Crippen molar-refractivity contribution in [3.05, 3.63) is 54.6 Å². The summed E-state index contributed by atoms with van der Waals surface area (Å²) < 4.78 is 13.2. The van der Waals surface area contributed by atoms with Crippen LogP contribution in [0.2, 0.25) is 0 Å². The van der Waals surface area contributed by atoms with Crippen LogP contribution < -0.4 is 9.47 Å². The SMILES string of the molecule is CCn1c(SCCOc2ccccc2OC)nnc1-c1ccccc1. The predicted octanol–water partition coefficient (Wildman–Crippen LogP) is 4.14. The van der Waals surface area contributed by atoms with Gasteiger partial charge in [-0.15, -0.1) is 10.2 Å². The molecule has 0 radical (unpaired) electrons. The van der Waals surface area contributed by atoms with Crippen LogP contribution in [-0.4, -0.2) is 34.2 Å². The first-order valence-corrected chi connectivity index (χ1v) is 9.19. The van der Waals surface area contributed by atoms with Crippen LogP contribution in [0.3, 0.4) is 0 Å². The number of hydrogen-bond donors (Lipinski definition) is 0. The summed E-state index contributed by atoms with van der Waals surface area (Å²) in [7, 11) is 1.64. The normalized spacial score (nSPS) is 10.6. The van der Waals surface area contributed by atoms with Crippen LogP contribution in [0.4, 0.5) is 0 Å². The molecule has 1 heterocycles. The minimum absolute atomic E-state index is 0.572. The molecule has 0 unspecified atom stereocenters. The van der Waals surface area contributed by atoms with E-state index in [1.54, 1.807) is 18.9 Å². The lowest BCUT2D eigenvalue weighted by Gasteiger charge is -2.10. The van der Waals surface area contributed by atoms with Gasteiger partial charge in [0.25, 0.3) is 0 Å². The van der Waals surface area contributed by atoms with Gasteiger partial charge in [0.05, 0.1) is 13.7 Å². The van der Waals surface area contributed by atoms with Gasteiger partial charge in [-0.05, 0) is 19.1 Å². The molecule has 0 amide bonds. The van der Waals surface area contributed by atoms with Gasteiger partial charge in [0.1, 0.15) is 0 Å². The lowest BCUT2D eigenvalue weighted by atomic mass is 10.2. The zero-order valence-corrected chi connectivity index (χ0v) is 15.2. The third-order valence-electron chi connectivity index (χ3n) is 3.71. The molecule has 0 spiro atoms. The summed E-state index contributed by atoms with van der Waals surface area (Å²) in [5.74, 6) is 3.18. The van der Waals surface area contributed by atoms with Crippen LogP contribution in [0.1, 0.15) is 6.92 Å². The first kappa shape index (κ1) is 17.4. The molecule has 0 bridgehead atoms. The molecule has 0 aliphatic carbocycles. The second-order valence-corrected chi connectivity index (χ2v) is 6.33. The summed E-state index contributed by atoms with van der Waals surface area (Å²) in [5, 5.41) is 9.60. The van der Waals surface area contributed by atoms with Crippen molar-refractivity contribution in [3.63, 3.8) is 0 Å². The van der Waals surface area contributed by atoms with Gasteiger partial charge < -0.3 is 14.0 Å². The molecule has 3 rings (SSSR count). The minimum atomic E-state index is 0.572. The van der Waals surface area contributed by atoms with Crippen molar-refractivity contribution < 1.29 is 9.47 Å². The highest BCUT2D eigenvalue weighted by molar-refractivity contribution is 7.99. The molecule has 0 aliphatic rings. The monoisotopic (exact) mass is 355 g/mol. The molecule has 130 valence electrons. The fourth-order valence-electron chi connectivity index (χ4n) is 2.50. The van der Waals surface area contributed by atoms with Gasteiger partial charge in [-0.25, -0.2) is 0 Å². The van der Waals surface area contributed by atoms with Crippen molar-refractivity contribution >= 4 is 11.8 Å². The Morgan fingerprint density at radius 1 is 0.960 bits per heavy atom. The van der Waals surface area contributed by atoms with Crippen LogP contribution in [0, 0.1) is 0 Å². The highest BCUT2D eigenvalue weighted by Gasteiger charge is 2.12. The molecule has 1 aromatic heterocycles. The maximum absolute atomic E-state index is 5.81. The van der Waals surface area contributed by atoms with E-state index >= 15 is 0 Å². The molecule has 25 heavy (non-hydrogen) atoms. The lowest BCUT2D eigenvalue weighted by molar-refractivity contribution is 0.313. The Morgan fingerprint density at radius 3 is 2.40 bits per heavy atom. The molecule has 0 saturated heterocycles. The molecule has 2 aromatic carbocycles. The Bertz CT molecular complexity index is 805. The number of thioether (sulfide) groups is 1. The van der Waals surface area contributed by atoms with Crippen LogP contribution in [0.5, 0.6) is 11.5 Å². The fourth-order valence-corrected chi connectivity index (χ4v) is 3.32. The number of rotatable bonds is 8. The Labute approximate surface area is 152 Å². The van der Waals surface area contributed by atoms with Crippen molar-refractivity contribution in [3.8, 4) is 22.9 Å². The van der Waals surface area contributed by atoms with Gasteiger partial charge in [-0.1, -0.05) is 54.2 Å². The highest BCUT2D eigenvalue weighted by atomic mass is 32.2. The number of benzene rings is 2. The standard InChI is InChI=1S/C19H21N3O2S/c1-3-22-18(15-9-5-4-6-10-15)20-21-19(22)25-14-13-24-17-12-8-7-11-16(17)23-2/h4-12H,3,13-14H2,1-2H3. The van der Waals surface area contributed by atoms with Gasteiger partial charge in [0.2, 0.25) is 0 Å². The largest absolute Gasteiger partial charge is 0.493 e. The van der Waals surface area contributed by atoms with E-state index in [2.05, 4.69) is 33.8 Å². The maximum Gasteiger partial charge on any atom is 0.191 e. The topological polar surface area (TPSA) is 49.2 Å². The Hall–Kier alpha value is -2.47. The second-order valence-electron chi connectivity index (χ2n) is 5.26. The third kappa shape index (κ3) is 4.14. The average molecular weight is 355 g/mol. The number of methoxy groups -OCH3 is 1. The van der Waals surface area contributed by atoms with Gasteiger partial charge in [0.15, 0.2) is 22.5 Å². The lowest BCUT2D eigenvalue weighted by Crippen LogP contribution is -2.04. The van der Waals surface area contributed by atoms with Crippen molar-refractivity contribution in [2.24, 2.45) is 0 Å². The molecule has 0 fully saturated rings. The Balaban J connectivity index is 1.61. The van der Waals surface area contributed by atoms with Gasteiger partial charge in [0, 0.05) is 17.9 Å². The number of para-hydroxylation sites is 2. The second kappa shape index (κ2) is 8.58. The summed E-state index contributed by atoms with van der Waals surface area (Å²) in [4.78, 5) is 0. The molecule has 6 heteroatoms. The quantitative estimate of drug-likeness (QED) is 0.449. The van der Waals surface area contributed by atoms with Gasteiger partial charge in [-0.2, -0.15) is 0 Å². The minimum Gasteiger partial charge on any atom is -0.493 e. The van der Waals surface area contributed by atoms with E-state index in [1.165, 1.54) is 0 Å². The molecule has 0 atom stereocenters. The van der Waals surface area contributed by atoms with Crippen LogP contribution >= 0.6 is 11.8 Å². The van der Waals surface area contributed by atoms with E-state index in [9.17, 15) is 0 Å². The van der Waals surface area contributed by atoms with Crippen molar-refractivity contribution in [1.82, 2.24) is 14.8 Å². The van der Waals surface area contributed by atoms with Gasteiger partial charge >= 0.3 is 0 Å². The maximum atomic E-state index is 5.81. The van der Waals surface area contributed by atoms with Crippen molar-refractivity contribution in [2.45, 2.75) is 18.6 Å². The molecular formula is C19H21N3O2S. The fraction of sp³-hybridized carbons (Fsp3) is 0.263. The molecule has 3 aromatic rings. The Kier molecular flexibility index (Phi) is 5.95. The number of ether oxygens (including phenoxy) is 2. The van der Waals surface area contributed by atoms with Crippen molar-refractivity contribution in [1.29, 1.82) is 0 Å². The molecule has 0 aliphatic heterocycles. The summed E-state index contributed by atoms with van der Waals surface area (Å²) >= 11 is 1.64. The molecular weight excluding hydrogens is 334 g/mol. The summed E-state index contributed by atoms with van der Waals surface area (Å²) in [5.41, 5.74) is 1.08. The Morgan fingerprint density at radius 2 is 1.68 bits per heavy atom. The van der Waals surface area contributed by atoms with Crippen LogP contribution in [0.15, 0.2) is 59.8 Å². The van der Waals surface area contributed by atoms with E-state index in [4.69, 9.17) is 9.47 Å². The zero-order valence-electron chi connectivity index (χ0n) is 14.4. The van der Waals surface area contributed by atoms with E-state index in [0.29, 0.717) is 6.61 Å². The summed E-state index contributed by atoms with van der Waals surface area (Å²) in [6, 6.07) is 17.8. The average Bonchev–Trinajstić information content (AvgIpc) is 3.09. The van der Waals surface area contributed by atoms with E-state index in [-0.39, 0.29) is 0 Å². The number of nitrogens with zero attached hydrogens (tertiary/aromatic N) is 3. The van der Waals surface area contributed by atoms with E-state index in [0.717, 1.165) is 40.3 Å². The predicted molar refractivity (Wildman–Crippen MR) is 100 cm³/mol. The number of aromatic nitrogens is 3. The first-order valence-electron chi connectivity index (χ1n) is 8.20. The smallest absolute Gasteiger partial charge is 0.191 e. The van der Waals surface area contributed by atoms with Crippen molar-refractivity contribution in [2.75, 3.05) is 19.5 Å². The zero-order chi connectivity index (χ0) is 17.5. The molecule has 0 N–H and O–H groups in total. The first-order chi connectivity index (χ1) is 12.3.